The number of ether oxygens (including phenoxy) is 2. The van der Waals surface area contributed by atoms with Crippen LogP contribution in [0.15, 0.2) is 42.6 Å². The molecular formula is C21H22FN5O2. The van der Waals surface area contributed by atoms with Crippen LogP contribution in [0.5, 0.6) is 11.5 Å². The summed E-state index contributed by atoms with van der Waals surface area (Å²) in [6.07, 6.45) is 2.53. The van der Waals surface area contributed by atoms with E-state index in [-0.39, 0.29) is 5.82 Å². The lowest BCUT2D eigenvalue weighted by atomic mass is 9.99. The summed E-state index contributed by atoms with van der Waals surface area (Å²) in [7, 11) is 3.28. The highest BCUT2D eigenvalue weighted by atomic mass is 19.1. The van der Waals surface area contributed by atoms with Crippen molar-refractivity contribution in [1.82, 2.24) is 15.2 Å². The van der Waals surface area contributed by atoms with E-state index < -0.39 is 0 Å². The molecule has 0 atom stereocenters. The van der Waals surface area contributed by atoms with E-state index in [1.165, 1.54) is 23.3 Å². The Labute approximate surface area is 168 Å². The van der Waals surface area contributed by atoms with Crippen LogP contribution in [0.3, 0.4) is 0 Å². The summed E-state index contributed by atoms with van der Waals surface area (Å²) < 4.78 is 23.9. The van der Waals surface area contributed by atoms with Gasteiger partial charge in [0.05, 0.1) is 20.4 Å². The van der Waals surface area contributed by atoms with Crippen molar-refractivity contribution in [2.24, 2.45) is 0 Å². The zero-order chi connectivity index (χ0) is 20.2. The standard InChI is InChI=1S/C21H22FN5O2/c1-28-18-9-15-7-8-27(13-16(15)10-19(18)29-2)20-12-24-26-21(25-20)23-11-14-3-5-17(22)6-4-14/h3-6,9-10,12H,7-8,11,13H2,1-2H3,(H,23,25,26). The third kappa shape index (κ3) is 4.21. The first kappa shape index (κ1) is 18.9. The van der Waals surface area contributed by atoms with Crippen molar-refractivity contribution in [2.75, 3.05) is 31.0 Å². The van der Waals surface area contributed by atoms with Crippen LogP contribution < -0.4 is 19.7 Å². The fourth-order valence-electron chi connectivity index (χ4n) is 3.38. The molecule has 4 rings (SSSR count). The van der Waals surface area contributed by atoms with Gasteiger partial charge in [-0.1, -0.05) is 12.1 Å². The maximum Gasteiger partial charge on any atom is 0.244 e. The third-order valence-corrected chi connectivity index (χ3v) is 4.95. The number of aromatic nitrogens is 3. The monoisotopic (exact) mass is 395 g/mol. The molecule has 1 aliphatic rings. The van der Waals surface area contributed by atoms with Crippen molar-refractivity contribution in [1.29, 1.82) is 0 Å². The van der Waals surface area contributed by atoms with E-state index in [0.29, 0.717) is 19.0 Å². The van der Waals surface area contributed by atoms with E-state index in [1.807, 2.05) is 12.1 Å². The van der Waals surface area contributed by atoms with Gasteiger partial charge in [0.25, 0.3) is 0 Å². The third-order valence-electron chi connectivity index (χ3n) is 4.95. The highest BCUT2D eigenvalue weighted by Gasteiger charge is 2.21. The van der Waals surface area contributed by atoms with E-state index >= 15 is 0 Å². The molecule has 0 saturated heterocycles. The molecule has 0 bridgehead atoms. The molecule has 0 unspecified atom stereocenters. The van der Waals surface area contributed by atoms with Gasteiger partial charge in [-0.3, -0.25) is 0 Å². The minimum atomic E-state index is -0.256. The zero-order valence-electron chi connectivity index (χ0n) is 16.4. The van der Waals surface area contributed by atoms with Crippen LogP contribution in [-0.2, 0) is 19.5 Å². The number of benzene rings is 2. The molecule has 1 aromatic heterocycles. The summed E-state index contributed by atoms with van der Waals surface area (Å²) in [5.74, 6) is 2.39. The normalized spacial score (nSPS) is 13.0. The summed E-state index contributed by atoms with van der Waals surface area (Å²) in [6.45, 7) is 2.01. The SMILES string of the molecule is COc1cc2c(cc1OC)CN(c1cnnc(NCc3ccc(F)cc3)n1)CC2. The van der Waals surface area contributed by atoms with Crippen molar-refractivity contribution in [3.05, 3.63) is 65.1 Å². The second kappa shape index (κ2) is 8.30. The van der Waals surface area contributed by atoms with Gasteiger partial charge in [-0.25, -0.2) is 4.39 Å². The lowest BCUT2D eigenvalue weighted by Gasteiger charge is -2.30. The molecule has 0 radical (unpaired) electrons. The average Bonchev–Trinajstić information content (AvgIpc) is 2.77. The Balaban J connectivity index is 1.48. The Bertz CT molecular complexity index is 997. The van der Waals surface area contributed by atoms with Gasteiger partial charge in [-0.2, -0.15) is 10.1 Å². The minimum Gasteiger partial charge on any atom is -0.493 e. The first-order valence-corrected chi connectivity index (χ1v) is 9.33. The molecular weight excluding hydrogens is 373 g/mol. The average molecular weight is 395 g/mol. The van der Waals surface area contributed by atoms with Gasteiger partial charge in [0.15, 0.2) is 17.3 Å². The number of anilines is 2. The van der Waals surface area contributed by atoms with Crippen molar-refractivity contribution in [3.63, 3.8) is 0 Å². The molecule has 7 nitrogen and oxygen atoms in total. The van der Waals surface area contributed by atoms with E-state index in [2.05, 4.69) is 25.4 Å². The highest BCUT2D eigenvalue weighted by molar-refractivity contribution is 5.52. The first-order valence-electron chi connectivity index (χ1n) is 9.33. The number of fused-ring (bicyclic) bond motifs is 1. The number of nitrogens with zero attached hydrogens (tertiary/aromatic N) is 4. The molecule has 0 fully saturated rings. The number of hydrogen-bond donors (Lipinski definition) is 1. The van der Waals surface area contributed by atoms with Crippen LogP contribution >= 0.6 is 0 Å². The Morgan fingerprint density at radius 1 is 1.07 bits per heavy atom. The number of halogens is 1. The summed E-state index contributed by atoms with van der Waals surface area (Å²) >= 11 is 0. The molecule has 3 aromatic rings. The summed E-state index contributed by atoms with van der Waals surface area (Å²) in [5.41, 5.74) is 3.36. The fraction of sp³-hybridized carbons (Fsp3) is 0.286. The summed E-state index contributed by atoms with van der Waals surface area (Å²) in [5, 5.41) is 11.3. The molecule has 1 aliphatic heterocycles. The van der Waals surface area contributed by atoms with E-state index in [4.69, 9.17) is 9.47 Å². The molecule has 1 N–H and O–H groups in total. The predicted octanol–water partition coefficient (Wildman–Crippen LogP) is 3.20. The van der Waals surface area contributed by atoms with Crippen molar-refractivity contribution >= 4 is 11.8 Å². The largest absolute Gasteiger partial charge is 0.493 e. The van der Waals surface area contributed by atoms with Gasteiger partial charge in [0, 0.05) is 19.6 Å². The van der Waals surface area contributed by atoms with Crippen molar-refractivity contribution < 1.29 is 13.9 Å². The molecule has 29 heavy (non-hydrogen) atoms. The van der Waals surface area contributed by atoms with Gasteiger partial charge in [0.1, 0.15) is 5.82 Å². The van der Waals surface area contributed by atoms with Crippen molar-refractivity contribution in [3.8, 4) is 11.5 Å². The van der Waals surface area contributed by atoms with Crippen molar-refractivity contribution in [2.45, 2.75) is 19.5 Å². The van der Waals surface area contributed by atoms with Crippen LogP contribution in [0.4, 0.5) is 16.2 Å². The number of methoxy groups -OCH3 is 2. The van der Waals surface area contributed by atoms with Crippen LogP contribution in [0.25, 0.3) is 0 Å². The molecule has 0 saturated carbocycles. The van der Waals surface area contributed by atoms with Gasteiger partial charge in [-0.15, -0.1) is 5.10 Å². The molecule has 2 heterocycles. The Hall–Kier alpha value is -3.42. The lowest BCUT2D eigenvalue weighted by Crippen LogP contribution is -2.31. The molecule has 0 amide bonds. The van der Waals surface area contributed by atoms with E-state index in [0.717, 1.165) is 35.8 Å². The van der Waals surface area contributed by atoms with Gasteiger partial charge >= 0.3 is 0 Å². The van der Waals surface area contributed by atoms with Gasteiger partial charge in [-0.05, 0) is 47.4 Å². The molecule has 0 aliphatic carbocycles. The summed E-state index contributed by atoms with van der Waals surface area (Å²) in [6, 6.07) is 10.4. The molecule has 150 valence electrons. The topological polar surface area (TPSA) is 72.4 Å². The Kier molecular flexibility index (Phi) is 5.41. The molecule has 2 aromatic carbocycles. The van der Waals surface area contributed by atoms with Crippen LogP contribution in [-0.4, -0.2) is 35.9 Å². The minimum absolute atomic E-state index is 0.256. The molecule has 0 spiro atoms. The Morgan fingerprint density at radius 3 is 2.52 bits per heavy atom. The van der Waals surface area contributed by atoms with Crippen LogP contribution in [0.1, 0.15) is 16.7 Å². The van der Waals surface area contributed by atoms with Crippen LogP contribution in [0, 0.1) is 5.82 Å². The van der Waals surface area contributed by atoms with Gasteiger partial charge < -0.3 is 19.7 Å². The number of nitrogens with one attached hydrogen (secondary N) is 1. The maximum absolute atomic E-state index is 13.0. The van der Waals surface area contributed by atoms with E-state index in [9.17, 15) is 4.39 Å². The van der Waals surface area contributed by atoms with Crippen LogP contribution in [0.2, 0.25) is 0 Å². The second-order valence-corrected chi connectivity index (χ2v) is 6.77. The smallest absolute Gasteiger partial charge is 0.244 e. The van der Waals surface area contributed by atoms with Gasteiger partial charge in [0.2, 0.25) is 5.95 Å². The fourth-order valence-corrected chi connectivity index (χ4v) is 3.38. The van der Waals surface area contributed by atoms with E-state index in [1.54, 1.807) is 32.5 Å². The first-order chi connectivity index (χ1) is 14.2. The quantitative estimate of drug-likeness (QED) is 0.687. The zero-order valence-corrected chi connectivity index (χ0v) is 16.4. The highest BCUT2D eigenvalue weighted by Crippen LogP contribution is 2.34. The number of hydrogen-bond acceptors (Lipinski definition) is 7. The summed E-state index contributed by atoms with van der Waals surface area (Å²) in [4.78, 5) is 6.75. The Morgan fingerprint density at radius 2 is 1.79 bits per heavy atom. The number of rotatable bonds is 6. The molecule has 8 heteroatoms. The maximum atomic E-state index is 13.0. The second-order valence-electron chi connectivity index (χ2n) is 6.77. The lowest BCUT2D eigenvalue weighted by molar-refractivity contribution is 0.353. The predicted molar refractivity (Wildman–Crippen MR) is 108 cm³/mol.